The maximum absolute atomic E-state index is 12.9. The molecule has 0 aliphatic rings. The average Bonchev–Trinajstić information content (AvgIpc) is 2.26. The molecule has 0 bridgehead atoms. The van der Waals surface area contributed by atoms with Gasteiger partial charge >= 0.3 is 0 Å². The minimum Gasteiger partial charge on any atom is -0.290 e. The Morgan fingerprint density at radius 3 is 2.20 bits per heavy atom. The number of hydrogen-bond donors (Lipinski definition) is 0. The first-order valence-corrected chi connectivity index (χ1v) is 7.13. The minimum atomic E-state index is -0.330. The third-order valence-corrected chi connectivity index (χ3v) is 3.41. The predicted octanol–water partition coefficient (Wildman–Crippen LogP) is 4.10. The molecule has 1 heterocycles. The van der Waals surface area contributed by atoms with Gasteiger partial charge in [0.2, 0.25) is 0 Å². The molecule has 20 heavy (non-hydrogen) atoms. The molecule has 0 spiro atoms. The van der Waals surface area contributed by atoms with Crippen LogP contribution < -0.4 is 5.56 Å². The Bertz CT molecular complexity index is 718. The number of halogens is 1. The number of rotatable bonds is 0. The first-order valence-electron chi connectivity index (χ1n) is 6.75. The molecular weight excluding hydrogens is 272 g/mol. The maximum atomic E-state index is 12.9. The molecule has 0 atom stereocenters. The fraction of sp³-hybridized carbons (Fsp3) is 0.500. The standard InChI is InChI=1S/C16H21ClN2O/c1-15(2,3)14-18-12-8-7-10(17)9-11(12)13(20)19(14)16(4,5)6/h7-9H,1-6H3. The molecule has 2 rings (SSSR count). The number of aromatic nitrogens is 2. The van der Waals surface area contributed by atoms with Crippen LogP contribution in [-0.2, 0) is 11.0 Å². The second kappa shape index (κ2) is 4.59. The lowest BCUT2D eigenvalue weighted by Crippen LogP contribution is -2.40. The van der Waals surface area contributed by atoms with Gasteiger partial charge in [0.15, 0.2) is 0 Å². The number of fused-ring (bicyclic) bond motifs is 1. The molecule has 0 aliphatic carbocycles. The number of benzene rings is 1. The fourth-order valence-corrected chi connectivity index (χ4v) is 2.46. The minimum absolute atomic E-state index is 0.0325. The molecule has 1 aromatic carbocycles. The van der Waals surface area contributed by atoms with Gasteiger partial charge in [-0.3, -0.25) is 9.36 Å². The van der Waals surface area contributed by atoms with Crippen LogP contribution in [0.3, 0.4) is 0 Å². The zero-order chi connectivity index (χ0) is 15.3. The van der Waals surface area contributed by atoms with Crippen LogP contribution in [-0.4, -0.2) is 9.55 Å². The van der Waals surface area contributed by atoms with E-state index in [2.05, 4.69) is 20.8 Å². The Morgan fingerprint density at radius 1 is 1.10 bits per heavy atom. The Morgan fingerprint density at radius 2 is 1.70 bits per heavy atom. The molecule has 0 amide bonds. The van der Waals surface area contributed by atoms with E-state index >= 15 is 0 Å². The third-order valence-electron chi connectivity index (χ3n) is 3.17. The zero-order valence-electron chi connectivity index (χ0n) is 12.9. The molecule has 2 aromatic rings. The van der Waals surface area contributed by atoms with Gasteiger partial charge in [-0.05, 0) is 39.0 Å². The summed E-state index contributed by atoms with van der Waals surface area (Å²) >= 11 is 6.01. The Labute approximate surface area is 124 Å². The second-order valence-electron chi connectivity index (χ2n) is 7.16. The van der Waals surface area contributed by atoms with Crippen LogP contribution >= 0.6 is 11.6 Å². The lowest BCUT2D eigenvalue weighted by Gasteiger charge is -2.31. The van der Waals surface area contributed by atoms with Gasteiger partial charge in [-0.15, -0.1) is 0 Å². The van der Waals surface area contributed by atoms with Gasteiger partial charge < -0.3 is 0 Å². The lowest BCUT2D eigenvalue weighted by molar-refractivity contribution is 0.338. The van der Waals surface area contributed by atoms with Crippen LogP contribution in [0.2, 0.25) is 5.02 Å². The Hall–Kier alpha value is -1.35. The predicted molar refractivity (Wildman–Crippen MR) is 84.7 cm³/mol. The van der Waals surface area contributed by atoms with Crippen molar-refractivity contribution in [2.24, 2.45) is 0 Å². The highest BCUT2D eigenvalue weighted by Gasteiger charge is 2.28. The van der Waals surface area contributed by atoms with E-state index in [-0.39, 0.29) is 16.5 Å². The van der Waals surface area contributed by atoms with E-state index in [1.54, 1.807) is 22.8 Å². The molecule has 0 fully saturated rings. The first-order chi connectivity index (χ1) is 9.01. The van der Waals surface area contributed by atoms with Gasteiger partial charge in [0.1, 0.15) is 5.82 Å². The molecule has 108 valence electrons. The third kappa shape index (κ3) is 2.59. The Kier molecular flexibility index (Phi) is 3.45. The van der Waals surface area contributed by atoms with Crippen molar-refractivity contribution in [1.29, 1.82) is 0 Å². The SMILES string of the molecule is CC(C)(C)c1nc2ccc(Cl)cc2c(=O)n1C(C)(C)C. The highest BCUT2D eigenvalue weighted by Crippen LogP contribution is 2.26. The van der Waals surface area contributed by atoms with Gasteiger partial charge in [0, 0.05) is 16.0 Å². The maximum Gasteiger partial charge on any atom is 0.261 e. The van der Waals surface area contributed by atoms with E-state index in [9.17, 15) is 4.79 Å². The molecule has 1 aromatic heterocycles. The summed E-state index contributed by atoms with van der Waals surface area (Å²) < 4.78 is 1.78. The van der Waals surface area contributed by atoms with E-state index in [1.165, 1.54) is 0 Å². The van der Waals surface area contributed by atoms with Crippen LogP contribution in [0.4, 0.5) is 0 Å². The molecule has 0 aliphatic heterocycles. The zero-order valence-corrected chi connectivity index (χ0v) is 13.7. The van der Waals surface area contributed by atoms with Gasteiger partial charge in [-0.25, -0.2) is 4.98 Å². The second-order valence-corrected chi connectivity index (χ2v) is 7.59. The number of nitrogens with zero attached hydrogens (tertiary/aromatic N) is 2. The van der Waals surface area contributed by atoms with Crippen molar-refractivity contribution < 1.29 is 0 Å². The summed E-state index contributed by atoms with van der Waals surface area (Å²) in [6, 6.07) is 5.27. The van der Waals surface area contributed by atoms with Crippen molar-refractivity contribution >= 4 is 22.5 Å². The van der Waals surface area contributed by atoms with Crippen molar-refractivity contribution in [3.63, 3.8) is 0 Å². The average molecular weight is 293 g/mol. The summed E-state index contributed by atoms with van der Waals surface area (Å²) in [6.45, 7) is 12.3. The molecule has 4 heteroatoms. The summed E-state index contributed by atoms with van der Waals surface area (Å²) in [5.41, 5.74) is 0.128. The van der Waals surface area contributed by atoms with E-state index in [1.807, 2.05) is 20.8 Å². The first kappa shape index (κ1) is 15.0. The van der Waals surface area contributed by atoms with E-state index in [0.29, 0.717) is 15.9 Å². The molecule has 0 radical (unpaired) electrons. The van der Waals surface area contributed by atoms with Crippen LogP contribution in [0.25, 0.3) is 10.9 Å². The van der Waals surface area contributed by atoms with Crippen molar-refractivity contribution in [3.05, 3.63) is 39.4 Å². The van der Waals surface area contributed by atoms with Crippen LogP contribution in [0.1, 0.15) is 47.4 Å². The summed E-state index contributed by atoms with van der Waals surface area (Å²) in [5, 5.41) is 1.13. The Balaban J connectivity index is 3.00. The summed E-state index contributed by atoms with van der Waals surface area (Å²) in [4.78, 5) is 17.6. The fourth-order valence-electron chi connectivity index (χ4n) is 2.28. The summed E-state index contributed by atoms with van der Waals surface area (Å²) in [7, 11) is 0. The smallest absolute Gasteiger partial charge is 0.261 e. The highest BCUT2D eigenvalue weighted by molar-refractivity contribution is 6.31. The largest absolute Gasteiger partial charge is 0.290 e. The van der Waals surface area contributed by atoms with Crippen molar-refractivity contribution in [1.82, 2.24) is 9.55 Å². The quantitative estimate of drug-likeness (QED) is 0.732. The number of hydrogen-bond acceptors (Lipinski definition) is 2. The van der Waals surface area contributed by atoms with Gasteiger partial charge in [-0.2, -0.15) is 0 Å². The molecular formula is C16H21ClN2O. The molecule has 0 N–H and O–H groups in total. The summed E-state index contributed by atoms with van der Waals surface area (Å²) in [5.74, 6) is 0.796. The molecule has 0 unspecified atom stereocenters. The normalized spacial score (nSPS) is 12.9. The van der Waals surface area contributed by atoms with E-state index < -0.39 is 0 Å². The van der Waals surface area contributed by atoms with Crippen LogP contribution in [0.5, 0.6) is 0 Å². The van der Waals surface area contributed by atoms with Gasteiger partial charge in [-0.1, -0.05) is 32.4 Å². The van der Waals surface area contributed by atoms with Gasteiger partial charge in [0.25, 0.3) is 5.56 Å². The molecule has 0 saturated heterocycles. The summed E-state index contributed by atoms with van der Waals surface area (Å²) in [6.07, 6.45) is 0. The lowest BCUT2D eigenvalue weighted by atomic mass is 9.93. The van der Waals surface area contributed by atoms with E-state index in [0.717, 1.165) is 5.82 Å². The van der Waals surface area contributed by atoms with Crippen LogP contribution in [0, 0.1) is 0 Å². The van der Waals surface area contributed by atoms with Crippen LogP contribution in [0.15, 0.2) is 23.0 Å². The topological polar surface area (TPSA) is 34.9 Å². The van der Waals surface area contributed by atoms with Crippen molar-refractivity contribution in [2.45, 2.75) is 52.5 Å². The van der Waals surface area contributed by atoms with Crippen molar-refractivity contribution in [3.8, 4) is 0 Å². The molecule has 3 nitrogen and oxygen atoms in total. The van der Waals surface area contributed by atoms with E-state index in [4.69, 9.17) is 16.6 Å². The van der Waals surface area contributed by atoms with Gasteiger partial charge in [0.05, 0.1) is 10.9 Å². The monoisotopic (exact) mass is 292 g/mol. The molecule has 0 saturated carbocycles. The highest BCUT2D eigenvalue weighted by atomic mass is 35.5. The van der Waals surface area contributed by atoms with Crippen molar-refractivity contribution in [2.75, 3.05) is 0 Å².